The van der Waals surface area contributed by atoms with Crippen molar-refractivity contribution in [3.8, 4) is 0 Å². The van der Waals surface area contributed by atoms with Crippen LogP contribution in [0.25, 0.3) is 0 Å². The number of nitrogens with zero attached hydrogens (tertiary/aromatic N) is 3. The molecule has 7 nitrogen and oxygen atoms in total. The summed E-state index contributed by atoms with van der Waals surface area (Å²) in [4.78, 5) is 9.73. The van der Waals surface area contributed by atoms with E-state index in [4.69, 9.17) is 10.3 Å². The summed E-state index contributed by atoms with van der Waals surface area (Å²) in [6, 6.07) is 0. The molecule has 0 aliphatic rings. The van der Waals surface area contributed by atoms with Crippen LogP contribution in [0.2, 0.25) is 0 Å². The van der Waals surface area contributed by atoms with Crippen LogP contribution in [0.3, 0.4) is 0 Å². The van der Waals surface area contributed by atoms with Crippen molar-refractivity contribution in [1.29, 1.82) is 0 Å². The molecule has 1 aromatic rings. The molecule has 14 heavy (non-hydrogen) atoms. The Labute approximate surface area is 79.0 Å². The Balaban J connectivity index is 2.78. The van der Waals surface area contributed by atoms with E-state index in [1.54, 1.807) is 0 Å². The lowest BCUT2D eigenvalue weighted by molar-refractivity contribution is 0.480. The van der Waals surface area contributed by atoms with Crippen LogP contribution in [0.1, 0.15) is 5.82 Å². The summed E-state index contributed by atoms with van der Waals surface area (Å²) in [5.41, 5.74) is 5.08. The molecule has 0 saturated carbocycles. The van der Waals surface area contributed by atoms with Crippen molar-refractivity contribution in [2.75, 3.05) is 11.5 Å². The van der Waals surface area contributed by atoms with Crippen LogP contribution in [0.15, 0.2) is 0 Å². The number of nitrogens with two attached hydrogens (primary N) is 1. The third-order valence-corrected chi connectivity index (χ3v) is 1.98. The van der Waals surface area contributed by atoms with Gasteiger partial charge in [-0.05, 0) is 0 Å². The lowest BCUT2D eigenvalue weighted by atomic mass is 10.4. The van der Waals surface area contributed by atoms with Gasteiger partial charge in [0.1, 0.15) is 5.82 Å². The first-order chi connectivity index (χ1) is 6.37. The van der Waals surface area contributed by atoms with Crippen LogP contribution < -0.4 is 5.73 Å². The largest absolute Gasteiger partial charge is 0.368 e. The van der Waals surface area contributed by atoms with Crippen molar-refractivity contribution in [2.45, 2.75) is 6.42 Å². The Morgan fingerprint density at radius 2 is 2.00 bits per heavy atom. The molecule has 0 amide bonds. The molecular weight excluding hydrogens is 215 g/mol. The van der Waals surface area contributed by atoms with E-state index in [1.165, 1.54) is 0 Å². The molecule has 1 aromatic heterocycles. The highest BCUT2D eigenvalue weighted by atomic mass is 32.2. The molecule has 0 radical (unpaired) electrons. The van der Waals surface area contributed by atoms with Gasteiger partial charge in [-0.25, -0.2) is 0 Å². The first-order valence-corrected chi connectivity index (χ1v) is 5.09. The third kappa shape index (κ3) is 3.58. The molecule has 0 atom stereocenters. The zero-order valence-corrected chi connectivity index (χ0v) is 7.70. The number of halogens is 1. The van der Waals surface area contributed by atoms with Gasteiger partial charge in [0.2, 0.25) is 5.95 Å². The number of anilines is 1. The van der Waals surface area contributed by atoms with E-state index in [0.717, 1.165) is 0 Å². The van der Waals surface area contributed by atoms with Gasteiger partial charge in [-0.15, -0.1) is 0 Å². The second-order valence-electron chi connectivity index (χ2n) is 2.41. The minimum absolute atomic E-state index is 0.118. The number of aryl methyl sites for hydroxylation is 1. The van der Waals surface area contributed by atoms with Gasteiger partial charge in [0.15, 0.2) is 0 Å². The Morgan fingerprint density at radius 3 is 2.50 bits per heavy atom. The summed E-state index contributed by atoms with van der Waals surface area (Å²) >= 11 is 0. The van der Waals surface area contributed by atoms with Crippen molar-refractivity contribution in [3.05, 3.63) is 11.9 Å². The SMILES string of the molecule is Nc1nc(F)nc(CCS(=O)(=O)O)n1. The van der Waals surface area contributed by atoms with Crippen molar-refractivity contribution in [3.63, 3.8) is 0 Å². The average molecular weight is 222 g/mol. The monoisotopic (exact) mass is 222 g/mol. The van der Waals surface area contributed by atoms with Crippen LogP contribution in [-0.2, 0) is 16.5 Å². The van der Waals surface area contributed by atoms with Gasteiger partial charge < -0.3 is 5.73 Å². The molecule has 3 N–H and O–H groups in total. The summed E-state index contributed by atoms with van der Waals surface area (Å²) in [6.45, 7) is 0. The highest BCUT2D eigenvalue weighted by Crippen LogP contribution is 1.98. The van der Waals surface area contributed by atoms with Crippen molar-refractivity contribution < 1.29 is 17.4 Å². The summed E-state index contributed by atoms with van der Waals surface area (Å²) in [5.74, 6) is -1.04. The number of hydrogen-bond donors (Lipinski definition) is 2. The van der Waals surface area contributed by atoms with Crippen molar-refractivity contribution >= 4 is 16.1 Å². The predicted molar refractivity (Wildman–Crippen MR) is 44.3 cm³/mol. The standard InChI is InChI=1S/C5H7FN4O3S/c6-4-8-3(9-5(7)10-4)1-2-14(11,12)13/h1-2H2,(H,11,12,13)(H2,7,8,9,10). The van der Waals surface area contributed by atoms with Gasteiger partial charge in [0.25, 0.3) is 10.1 Å². The first kappa shape index (κ1) is 10.7. The maximum absolute atomic E-state index is 12.5. The molecule has 0 fully saturated rings. The van der Waals surface area contributed by atoms with Gasteiger partial charge in [-0.1, -0.05) is 0 Å². The van der Waals surface area contributed by atoms with Crippen LogP contribution >= 0.6 is 0 Å². The predicted octanol–water partition coefficient (Wildman–Crippen LogP) is -0.977. The Morgan fingerprint density at radius 1 is 1.36 bits per heavy atom. The van der Waals surface area contributed by atoms with E-state index >= 15 is 0 Å². The molecule has 0 spiro atoms. The molecule has 0 aliphatic carbocycles. The topological polar surface area (TPSA) is 119 Å². The van der Waals surface area contributed by atoms with Crippen LogP contribution in [0, 0.1) is 6.08 Å². The lowest BCUT2D eigenvalue weighted by Gasteiger charge is -1.98. The zero-order chi connectivity index (χ0) is 10.8. The molecule has 0 aliphatic heterocycles. The molecule has 0 bridgehead atoms. The average Bonchev–Trinajstić information content (AvgIpc) is 1.97. The lowest BCUT2D eigenvalue weighted by Crippen LogP contribution is -2.11. The van der Waals surface area contributed by atoms with E-state index < -0.39 is 21.9 Å². The van der Waals surface area contributed by atoms with E-state index in [2.05, 4.69) is 15.0 Å². The van der Waals surface area contributed by atoms with Gasteiger partial charge in [0.05, 0.1) is 5.75 Å². The molecule has 78 valence electrons. The summed E-state index contributed by atoms with van der Waals surface area (Å²) in [5, 5.41) is 0. The van der Waals surface area contributed by atoms with Crippen molar-refractivity contribution in [2.24, 2.45) is 0 Å². The maximum atomic E-state index is 12.5. The maximum Gasteiger partial charge on any atom is 0.313 e. The second-order valence-corrected chi connectivity index (χ2v) is 3.99. The van der Waals surface area contributed by atoms with E-state index in [-0.39, 0.29) is 18.2 Å². The summed E-state index contributed by atoms with van der Waals surface area (Å²) in [7, 11) is -4.11. The van der Waals surface area contributed by atoms with E-state index in [9.17, 15) is 12.8 Å². The molecule has 1 heterocycles. The summed E-state index contributed by atoms with van der Waals surface area (Å²) < 4.78 is 41.6. The van der Waals surface area contributed by atoms with Gasteiger partial charge in [0, 0.05) is 6.42 Å². The highest BCUT2D eigenvalue weighted by Gasteiger charge is 2.09. The quantitative estimate of drug-likeness (QED) is 0.631. The van der Waals surface area contributed by atoms with E-state index in [0.29, 0.717) is 0 Å². The fraction of sp³-hybridized carbons (Fsp3) is 0.400. The number of nitrogen functional groups attached to an aromatic ring is 1. The first-order valence-electron chi connectivity index (χ1n) is 3.48. The van der Waals surface area contributed by atoms with Crippen LogP contribution in [0.4, 0.5) is 10.3 Å². The Bertz CT molecular complexity index is 414. The second kappa shape index (κ2) is 3.80. The Kier molecular flexibility index (Phi) is 2.91. The highest BCUT2D eigenvalue weighted by molar-refractivity contribution is 7.85. The fourth-order valence-electron chi connectivity index (χ4n) is 0.740. The third-order valence-electron chi connectivity index (χ3n) is 1.26. The van der Waals surface area contributed by atoms with Crippen LogP contribution in [0.5, 0.6) is 0 Å². The number of rotatable bonds is 3. The van der Waals surface area contributed by atoms with Crippen LogP contribution in [-0.4, -0.2) is 33.7 Å². The molecular formula is C5H7FN4O3S. The molecule has 0 saturated heterocycles. The van der Waals surface area contributed by atoms with E-state index in [1.807, 2.05) is 0 Å². The Hall–Kier alpha value is -1.35. The molecule has 0 unspecified atom stereocenters. The smallest absolute Gasteiger partial charge is 0.313 e. The van der Waals surface area contributed by atoms with Gasteiger partial charge >= 0.3 is 6.08 Å². The zero-order valence-electron chi connectivity index (χ0n) is 6.88. The molecule has 1 rings (SSSR count). The number of aromatic nitrogens is 3. The summed E-state index contributed by atoms with van der Waals surface area (Å²) in [6.07, 6.45) is -1.30. The van der Waals surface area contributed by atoms with Crippen molar-refractivity contribution in [1.82, 2.24) is 15.0 Å². The molecule has 9 heteroatoms. The number of hydrogen-bond acceptors (Lipinski definition) is 6. The minimum Gasteiger partial charge on any atom is -0.368 e. The minimum atomic E-state index is -4.11. The normalized spacial score (nSPS) is 11.6. The molecule has 0 aromatic carbocycles. The van der Waals surface area contributed by atoms with Gasteiger partial charge in [-0.3, -0.25) is 4.55 Å². The fourth-order valence-corrected chi connectivity index (χ4v) is 1.18. The van der Waals surface area contributed by atoms with Gasteiger partial charge in [-0.2, -0.15) is 27.8 Å².